The monoisotopic (exact) mass is 243 g/mol. The Labute approximate surface area is 101 Å². The van der Waals surface area contributed by atoms with E-state index in [0.717, 1.165) is 12.8 Å². The second-order valence-electron chi connectivity index (χ2n) is 4.21. The second kappa shape index (κ2) is 7.11. The first-order chi connectivity index (χ1) is 8.19. The number of hydrogen-bond acceptors (Lipinski definition) is 4. The second-order valence-corrected chi connectivity index (χ2v) is 4.21. The van der Waals surface area contributed by atoms with Crippen molar-refractivity contribution in [2.45, 2.75) is 38.6 Å². The minimum absolute atomic E-state index is 0.0757. The Bertz CT molecular complexity index is 277. The molecule has 1 atom stereocenters. The normalized spacial score (nSPS) is 17.8. The van der Waals surface area contributed by atoms with E-state index in [4.69, 9.17) is 15.7 Å². The average molecular weight is 243 g/mol. The molecule has 0 bridgehead atoms. The molecular formula is C11H21N3O3. The van der Waals surface area contributed by atoms with Crippen LogP contribution >= 0.6 is 0 Å². The predicted molar refractivity (Wildman–Crippen MR) is 63.8 cm³/mol. The van der Waals surface area contributed by atoms with Crippen molar-refractivity contribution in [1.29, 1.82) is 0 Å². The molecule has 1 unspecified atom stereocenters. The zero-order chi connectivity index (χ0) is 12.7. The van der Waals surface area contributed by atoms with Crippen molar-refractivity contribution in [2.75, 3.05) is 13.2 Å². The lowest BCUT2D eigenvalue weighted by Gasteiger charge is -2.16. The van der Waals surface area contributed by atoms with Crippen LogP contribution in [0.4, 0.5) is 0 Å². The summed E-state index contributed by atoms with van der Waals surface area (Å²) in [4.78, 5) is 11.6. The molecule has 0 spiro atoms. The van der Waals surface area contributed by atoms with Gasteiger partial charge < -0.3 is 21.0 Å². The van der Waals surface area contributed by atoms with Crippen molar-refractivity contribution in [1.82, 2.24) is 5.32 Å². The van der Waals surface area contributed by atoms with Gasteiger partial charge in [0.1, 0.15) is 0 Å². The molecule has 1 rings (SSSR count). The Morgan fingerprint density at radius 3 is 2.88 bits per heavy atom. The highest BCUT2D eigenvalue weighted by molar-refractivity contribution is 5.90. The van der Waals surface area contributed by atoms with Gasteiger partial charge in [0, 0.05) is 19.6 Å². The van der Waals surface area contributed by atoms with Crippen LogP contribution in [0.25, 0.3) is 0 Å². The minimum atomic E-state index is -0.320. The Morgan fingerprint density at radius 2 is 2.35 bits per heavy atom. The van der Waals surface area contributed by atoms with Gasteiger partial charge in [-0.15, -0.1) is 0 Å². The zero-order valence-electron chi connectivity index (χ0n) is 10.2. The van der Waals surface area contributed by atoms with Crippen molar-refractivity contribution in [3.63, 3.8) is 0 Å². The molecule has 0 radical (unpaired) electrons. The lowest BCUT2D eigenvalue weighted by molar-refractivity contribution is -0.121. The first kappa shape index (κ1) is 13.8. The molecule has 0 aromatic rings. The van der Waals surface area contributed by atoms with E-state index < -0.39 is 0 Å². The fourth-order valence-corrected chi connectivity index (χ4v) is 1.65. The molecule has 1 fully saturated rings. The standard InChI is InChI=1S/C11H21N3O3/c1-2-17-7-3-4-9(15)13-10(8-5-6-8)11(12)14-16/h8,10,16H,2-7H2,1H3,(H2,12,14)(H,13,15). The van der Waals surface area contributed by atoms with Crippen molar-refractivity contribution in [2.24, 2.45) is 16.8 Å². The summed E-state index contributed by atoms with van der Waals surface area (Å²) in [6, 6.07) is -0.320. The van der Waals surface area contributed by atoms with E-state index in [9.17, 15) is 4.79 Å². The molecule has 98 valence electrons. The first-order valence-electron chi connectivity index (χ1n) is 6.03. The highest BCUT2D eigenvalue weighted by atomic mass is 16.5. The van der Waals surface area contributed by atoms with Crippen LogP contribution < -0.4 is 11.1 Å². The number of rotatable bonds is 8. The minimum Gasteiger partial charge on any atom is -0.409 e. The molecule has 0 aromatic heterocycles. The lowest BCUT2D eigenvalue weighted by atomic mass is 10.1. The van der Waals surface area contributed by atoms with Gasteiger partial charge in [0.15, 0.2) is 5.84 Å². The summed E-state index contributed by atoms with van der Waals surface area (Å²) < 4.78 is 5.15. The van der Waals surface area contributed by atoms with Crippen LogP contribution in [0, 0.1) is 5.92 Å². The van der Waals surface area contributed by atoms with Crippen LogP contribution in [0.5, 0.6) is 0 Å². The SMILES string of the molecule is CCOCCCC(=O)NC(C(N)=NO)C1CC1. The number of ether oxygens (including phenoxy) is 1. The van der Waals surface area contributed by atoms with Crippen LogP contribution in [-0.2, 0) is 9.53 Å². The zero-order valence-corrected chi connectivity index (χ0v) is 10.2. The van der Waals surface area contributed by atoms with Crippen LogP contribution in [-0.4, -0.2) is 36.2 Å². The van der Waals surface area contributed by atoms with E-state index in [1.807, 2.05) is 6.92 Å². The molecule has 1 aliphatic rings. The Hall–Kier alpha value is -1.30. The van der Waals surface area contributed by atoms with Gasteiger partial charge in [-0.25, -0.2) is 0 Å². The number of hydrogen-bond donors (Lipinski definition) is 3. The third-order valence-corrected chi connectivity index (χ3v) is 2.74. The maximum atomic E-state index is 11.6. The maximum absolute atomic E-state index is 11.6. The van der Waals surface area contributed by atoms with Crippen molar-refractivity contribution in [3.05, 3.63) is 0 Å². The van der Waals surface area contributed by atoms with Gasteiger partial charge in [-0.2, -0.15) is 0 Å². The molecule has 1 saturated carbocycles. The van der Waals surface area contributed by atoms with Crippen molar-refractivity contribution in [3.8, 4) is 0 Å². The van der Waals surface area contributed by atoms with Gasteiger partial charge in [-0.05, 0) is 32.1 Å². The van der Waals surface area contributed by atoms with Gasteiger partial charge in [-0.1, -0.05) is 5.16 Å². The molecule has 17 heavy (non-hydrogen) atoms. The number of amidine groups is 1. The van der Waals surface area contributed by atoms with E-state index in [1.54, 1.807) is 0 Å². The summed E-state index contributed by atoms with van der Waals surface area (Å²) >= 11 is 0. The number of nitrogens with one attached hydrogen (secondary N) is 1. The number of nitrogens with zero attached hydrogens (tertiary/aromatic N) is 1. The topological polar surface area (TPSA) is 96.9 Å². The number of amides is 1. The molecule has 0 aliphatic heterocycles. The van der Waals surface area contributed by atoms with Crippen LogP contribution in [0.1, 0.15) is 32.6 Å². The molecule has 1 aliphatic carbocycles. The highest BCUT2D eigenvalue weighted by Crippen LogP contribution is 2.32. The predicted octanol–water partition coefficient (Wildman–Crippen LogP) is 0.444. The molecule has 6 nitrogen and oxygen atoms in total. The van der Waals surface area contributed by atoms with Gasteiger partial charge in [-0.3, -0.25) is 4.79 Å². The van der Waals surface area contributed by atoms with Gasteiger partial charge >= 0.3 is 0 Å². The summed E-state index contributed by atoms with van der Waals surface area (Å²) in [5.74, 6) is 0.334. The van der Waals surface area contributed by atoms with Gasteiger partial charge in [0.2, 0.25) is 5.91 Å². The fraction of sp³-hybridized carbons (Fsp3) is 0.818. The maximum Gasteiger partial charge on any atom is 0.220 e. The van der Waals surface area contributed by atoms with E-state index >= 15 is 0 Å². The summed E-state index contributed by atoms with van der Waals surface area (Å²) in [6.45, 7) is 3.17. The van der Waals surface area contributed by atoms with E-state index in [2.05, 4.69) is 10.5 Å². The quantitative estimate of drug-likeness (QED) is 0.189. The molecule has 4 N–H and O–H groups in total. The first-order valence-corrected chi connectivity index (χ1v) is 6.03. The van der Waals surface area contributed by atoms with Gasteiger partial charge in [0.05, 0.1) is 6.04 Å². The molecule has 6 heteroatoms. The van der Waals surface area contributed by atoms with Crippen LogP contribution in [0.15, 0.2) is 5.16 Å². The fourth-order valence-electron chi connectivity index (χ4n) is 1.65. The Morgan fingerprint density at radius 1 is 1.65 bits per heavy atom. The van der Waals surface area contributed by atoms with Crippen LogP contribution in [0.3, 0.4) is 0 Å². The van der Waals surface area contributed by atoms with E-state index in [-0.39, 0.29) is 17.8 Å². The summed E-state index contributed by atoms with van der Waals surface area (Å²) in [5, 5.41) is 14.4. The number of nitrogens with two attached hydrogens (primary N) is 1. The lowest BCUT2D eigenvalue weighted by Crippen LogP contribution is -2.46. The summed E-state index contributed by atoms with van der Waals surface area (Å²) in [7, 11) is 0. The van der Waals surface area contributed by atoms with Crippen LogP contribution in [0.2, 0.25) is 0 Å². The average Bonchev–Trinajstić information content (AvgIpc) is 3.15. The van der Waals surface area contributed by atoms with E-state index in [1.165, 1.54) is 0 Å². The highest BCUT2D eigenvalue weighted by Gasteiger charge is 2.35. The van der Waals surface area contributed by atoms with Crippen molar-refractivity contribution >= 4 is 11.7 Å². The number of carbonyl (C=O) groups is 1. The summed E-state index contributed by atoms with van der Waals surface area (Å²) in [6.07, 6.45) is 3.12. The molecule has 1 amide bonds. The smallest absolute Gasteiger partial charge is 0.220 e. The van der Waals surface area contributed by atoms with Crippen molar-refractivity contribution < 1.29 is 14.7 Å². The number of carbonyl (C=O) groups excluding carboxylic acids is 1. The largest absolute Gasteiger partial charge is 0.409 e. The third kappa shape index (κ3) is 5.04. The number of oxime groups is 1. The Kier molecular flexibility index (Phi) is 5.76. The molecule has 0 aromatic carbocycles. The molecular weight excluding hydrogens is 222 g/mol. The summed E-state index contributed by atoms with van der Waals surface area (Å²) in [5.41, 5.74) is 5.54. The van der Waals surface area contributed by atoms with Gasteiger partial charge in [0.25, 0.3) is 0 Å². The third-order valence-electron chi connectivity index (χ3n) is 2.74. The molecule has 0 heterocycles. The Balaban J connectivity index is 2.27. The van der Waals surface area contributed by atoms with E-state index in [0.29, 0.717) is 32.0 Å². The molecule has 0 saturated heterocycles.